The summed E-state index contributed by atoms with van der Waals surface area (Å²) >= 11 is 0. The van der Waals surface area contributed by atoms with E-state index in [1.165, 1.54) is 31.9 Å². The van der Waals surface area contributed by atoms with Gasteiger partial charge in [-0.15, -0.1) is 0 Å². The highest BCUT2D eigenvalue weighted by Crippen LogP contribution is 2.13. The van der Waals surface area contributed by atoms with Gasteiger partial charge in [-0.05, 0) is 37.5 Å². The first kappa shape index (κ1) is 12.8. The summed E-state index contributed by atoms with van der Waals surface area (Å²) in [7, 11) is 1.42. The van der Waals surface area contributed by atoms with E-state index in [1.807, 2.05) is 19.1 Å². The Morgan fingerprint density at radius 1 is 1.25 bits per heavy atom. The molecule has 2 nitrogen and oxygen atoms in total. The molecule has 0 aliphatic rings. The van der Waals surface area contributed by atoms with E-state index < -0.39 is 0 Å². The molecule has 2 heteroatoms. The van der Waals surface area contributed by atoms with Crippen LogP contribution in [-0.2, 0) is 11.2 Å². The molecule has 0 amide bonds. The lowest BCUT2D eigenvalue weighted by Gasteiger charge is -2.06. The number of unbranched alkanes of at least 4 members (excludes halogenated alkanes) is 2. The SMILES string of the molecule is CCCCCc1cc(C)cc(C(=O)OC)c1. The number of rotatable bonds is 5. The van der Waals surface area contributed by atoms with E-state index in [0.717, 1.165) is 12.0 Å². The predicted octanol–water partition coefficient (Wildman–Crippen LogP) is 3.51. The minimum atomic E-state index is -0.250. The minimum absolute atomic E-state index is 0.250. The van der Waals surface area contributed by atoms with Crippen molar-refractivity contribution in [2.24, 2.45) is 0 Å². The lowest BCUT2D eigenvalue weighted by Crippen LogP contribution is -2.02. The minimum Gasteiger partial charge on any atom is -0.465 e. The highest BCUT2D eigenvalue weighted by molar-refractivity contribution is 5.89. The van der Waals surface area contributed by atoms with Crippen molar-refractivity contribution < 1.29 is 9.53 Å². The third-order valence-electron chi connectivity index (χ3n) is 2.63. The zero-order chi connectivity index (χ0) is 12.0. The number of hydrogen-bond donors (Lipinski definition) is 0. The summed E-state index contributed by atoms with van der Waals surface area (Å²) < 4.78 is 4.73. The number of ether oxygens (including phenoxy) is 1. The summed E-state index contributed by atoms with van der Waals surface area (Å²) in [6.07, 6.45) is 4.68. The van der Waals surface area contributed by atoms with E-state index in [2.05, 4.69) is 13.0 Å². The summed E-state index contributed by atoms with van der Waals surface area (Å²) in [6.45, 7) is 4.20. The van der Waals surface area contributed by atoms with Crippen LogP contribution in [0, 0.1) is 6.92 Å². The molecule has 1 rings (SSSR count). The monoisotopic (exact) mass is 220 g/mol. The van der Waals surface area contributed by atoms with E-state index in [9.17, 15) is 4.79 Å². The van der Waals surface area contributed by atoms with Crippen molar-refractivity contribution in [1.29, 1.82) is 0 Å². The maximum absolute atomic E-state index is 11.4. The van der Waals surface area contributed by atoms with Gasteiger partial charge in [0.15, 0.2) is 0 Å². The zero-order valence-corrected chi connectivity index (χ0v) is 10.4. The largest absolute Gasteiger partial charge is 0.465 e. The molecule has 16 heavy (non-hydrogen) atoms. The fourth-order valence-corrected chi connectivity index (χ4v) is 1.82. The van der Waals surface area contributed by atoms with E-state index >= 15 is 0 Å². The molecule has 0 aliphatic heterocycles. The van der Waals surface area contributed by atoms with Gasteiger partial charge in [0.25, 0.3) is 0 Å². The third-order valence-corrected chi connectivity index (χ3v) is 2.63. The van der Waals surface area contributed by atoms with E-state index in [1.54, 1.807) is 0 Å². The fraction of sp³-hybridized carbons (Fsp3) is 0.500. The molecule has 0 bridgehead atoms. The van der Waals surface area contributed by atoms with Crippen molar-refractivity contribution in [3.63, 3.8) is 0 Å². The first-order valence-electron chi connectivity index (χ1n) is 5.86. The second-order valence-electron chi connectivity index (χ2n) is 4.16. The standard InChI is InChI=1S/C14H20O2/c1-4-5-6-7-12-8-11(2)9-13(10-12)14(15)16-3/h8-10H,4-7H2,1-3H3. The predicted molar refractivity (Wildman–Crippen MR) is 65.7 cm³/mol. The summed E-state index contributed by atoms with van der Waals surface area (Å²) in [5.41, 5.74) is 3.01. The van der Waals surface area contributed by atoms with Crippen molar-refractivity contribution in [2.45, 2.75) is 39.5 Å². The molecule has 0 heterocycles. The number of carbonyl (C=O) groups excluding carboxylic acids is 1. The molecule has 1 aromatic rings. The van der Waals surface area contributed by atoms with Gasteiger partial charge in [-0.2, -0.15) is 0 Å². The van der Waals surface area contributed by atoms with Gasteiger partial charge in [-0.25, -0.2) is 4.79 Å². The second kappa shape index (κ2) is 6.31. The fourth-order valence-electron chi connectivity index (χ4n) is 1.82. The molecule has 0 saturated heterocycles. The van der Waals surface area contributed by atoms with Crippen LogP contribution >= 0.6 is 0 Å². The average Bonchev–Trinajstić information content (AvgIpc) is 2.27. The van der Waals surface area contributed by atoms with Gasteiger partial charge in [-0.1, -0.05) is 31.4 Å². The lowest BCUT2D eigenvalue weighted by molar-refractivity contribution is 0.0600. The van der Waals surface area contributed by atoms with Crippen LogP contribution in [0.1, 0.15) is 47.7 Å². The normalized spacial score (nSPS) is 10.2. The Labute approximate surface area is 97.6 Å². The molecule has 88 valence electrons. The van der Waals surface area contributed by atoms with Gasteiger partial charge in [0.05, 0.1) is 12.7 Å². The van der Waals surface area contributed by atoms with Crippen molar-refractivity contribution in [3.05, 3.63) is 34.9 Å². The Kier molecular flexibility index (Phi) is 5.03. The van der Waals surface area contributed by atoms with Gasteiger partial charge < -0.3 is 4.74 Å². The van der Waals surface area contributed by atoms with Gasteiger partial charge in [0.1, 0.15) is 0 Å². The summed E-state index contributed by atoms with van der Waals surface area (Å²) in [5.74, 6) is -0.250. The van der Waals surface area contributed by atoms with Crippen LogP contribution in [0.3, 0.4) is 0 Å². The molecule has 0 fully saturated rings. The number of aryl methyl sites for hydroxylation is 2. The van der Waals surface area contributed by atoms with Gasteiger partial charge in [-0.3, -0.25) is 0 Å². The maximum atomic E-state index is 11.4. The molecular weight excluding hydrogens is 200 g/mol. The van der Waals surface area contributed by atoms with E-state index in [4.69, 9.17) is 4.74 Å². The molecule has 0 N–H and O–H groups in total. The Hall–Kier alpha value is -1.31. The Morgan fingerprint density at radius 3 is 2.62 bits per heavy atom. The van der Waals surface area contributed by atoms with Crippen LogP contribution in [0.2, 0.25) is 0 Å². The first-order valence-corrected chi connectivity index (χ1v) is 5.86. The molecule has 0 radical (unpaired) electrons. The number of methoxy groups -OCH3 is 1. The second-order valence-corrected chi connectivity index (χ2v) is 4.16. The third kappa shape index (κ3) is 3.69. The lowest BCUT2D eigenvalue weighted by atomic mass is 10.0. The van der Waals surface area contributed by atoms with E-state index in [-0.39, 0.29) is 5.97 Å². The van der Waals surface area contributed by atoms with Gasteiger partial charge in [0.2, 0.25) is 0 Å². The average molecular weight is 220 g/mol. The van der Waals surface area contributed by atoms with Crippen molar-refractivity contribution in [1.82, 2.24) is 0 Å². The van der Waals surface area contributed by atoms with Crippen molar-refractivity contribution in [2.75, 3.05) is 7.11 Å². The van der Waals surface area contributed by atoms with Crippen LogP contribution in [0.25, 0.3) is 0 Å². The molecule has 0 unspecified atom stereocenters. The quantitative estimate of drug-likeness (QED) is 0.560. The van der Waals surface area contributed by atoms with Crippen molar-refractivity contribution in [3.8, 4) is 0 Å². The molecule has 0 spiro atoms. The van der Waals surface area contributed by atoms with Crippen LogP contribution in [-0.4, -0.2) is 13.1 Å². The Bertz CT molecular complexity index is 356. The summed E-state index contributed by atoms with van der Waals surface area (Å²) in [5, 5.41) is 0. The molecular formula is C14H20O2. The first-order chi connectivity index (χ1) is 7.67. The topological polar surface area (TPSA) is 26.3 Å². The smallest absolute Gasteiger partial charge is 0.337 e. The van der Waals surface area contributed by atoms with Crippen LogP contribution in [0.5, 0.6) is 0 Å². The number of benzene rings is 1. The number of carbonyl (C=O) groups is 1. The summed E-state index contributed by atoms with van der Waals surface area (Å²) in [4.78, 5) is 11.4. The summed E-state index contributed by atoms with van der Waals surface area (Å²) in [6, 6.07) is 5.95. The van der Waals surface area contributed by atoms with Gasteiger partial charge in [0, 0.05) is 0 Å². The van der Waals surface area contributed by atoms with Crippen LogP contribution in [0.15, 0.2) is 18.2 Å². The van der Waals surface area contributed by atoms with E-state index in [0.29, 0.717) is 5.56 Å². The van der Waals surface area contributed by atoms with Gasteiger partial charge >= 0.3 is 5.97 Å². The molecule has 0 aliphatic carbocycles. The van der Waals surface area contributed by atoms with Crippen molar-refractivity contribution >= 4 is 5.97 Å². The Balaban J connectivity index is 2.77. The highest BCUT2D eigenvalue weighted by atomic mass is 16.5. The molecule has 0 aromatic heterocycles. The molecule has 0 atom stereocenters. The van der Waals surface area contributed by atoms with Crippen LogP contribution in [0.4, 0.5) is 0 Å². The highest BCUT2D eigenvalue weighted by Gasteiger charge is 2.07. The zero-order valence-electron chi connectivity index (χ0n) is 10.4. The molecule has 0 saturated carbocycles. The molecule has 1 aromatic carbocycles. The number of hydrogen-bond acceptors (Lipinski definition) is 2. The number of esters is 1. The Morgan fingerprint density at radius 2 is 2.00 bits per heavy atom. The van der Waals surface area contributed by atoms with Crippen LogP contribution < -0.4 is 0 Å². The maximum Gasteiger partial charge on any atom is 0.337 e.